The topological polar surface area (TPSA) is 101 Å². The van der Waals surface area contributed by atoms with Crippen LogP contribution in [0, 0.1) is 0 Å². The molecule has 1 aliphatic rings. The van der Waals surface area contributed by atoms with Gasteiger partial charge in [0, 0.05) is 32.1 Å². The van der Waals surface area contributed by atoms with Crippen molar-refractivity contribution in [2.24, 2.45) is 11.5 Å². The Morgan fingerprint density at radius 2 is 2.08 bits per heavy atom. The maximum Gasteiger partial charge on any atom is 0.318 e. The van der Waals surface area contributed by atoms with Crippen molar-refractivity contribution in [3.8, 4) is 0 Å². The van der Waals surface area contributed by atoms with E-state index in [0.29, 0.717) is 6.54 Å². The quantitative estimate of drug-likeness (QED) is 0.484. The molecule has 0 spiro atoms. The smallest absolute Gasteiger partial charge is 0.318 e. The first-order valence-corrected chi connectivity index (χ1v) is 4.15. The van der Waals surface area contributed by atoms with Crippen molar-refractivity contribution < 1.29 is 9.59 Å². The number of nitrogens with zero attached hydrogens (tertiary/aromatic N) is 1. The molecular weight excluding hydrogens is 172 g/mol. The average Bonchev–Trinajstić information content (AvgIpc) is 1.94. The van der Waals surface area contributed by atoms with E-state index in [4.69, 9.17) is 11.5 Å². The molecule has 3 amide bonds. The summed E-state index contributed by atoms with van der Waals surface area (Å²) < 4.78 is 0. The van der Waals surface area contributed by atoms with Crippen molar-refractivity contribution >= 4 is 11.9 Å². The number of rotatable bonds is 3. The lowest BCUT2D eigenvalue weighted by molar-refractivity contribution is -0.120. The minimum absolute atomic E-state index is 0.235. The molecule has 6 nitrogen and oxygen atoms in total. The Bertz CT molecular complexity index is 213. The molecule has 0 aliphatic carbocycles. The van der Waals surface area contributed by atoms with Crippen molar-refractivity contribution in [3.05, 3.63) is 0 Å². The summed E-state index contributed by atoms with van der Waals surface area (Å²) in [5.74, 6) is -0.340. The molecule has 0 saturated carbocycles. The minimum atomic E-state index is -0.801. The van der Waals surface area contributed by atoms with Gasteiger partial charge in [-0.1, -0.05) is 0 Å². The molecule has 1 rings (SSSR count). The van der Waals surface area contributed by atoms with Gasteiger partial charge >= 0.3 is 6.03 Å². The number of carbonyl (C=O) groups excluding carboxylic acids is 2. The van der Waals surface area contributed by atoms with Crippen LogP contribution in [0.1, 0.15) is 6.42 Å². The Hall–Kier alpha value is -1.14. The minimum Gasteiger partial charge on any atom is -0.351 e. The Kier molecular flexibility index (Phi) is 3.21. The Morgan fingerprint density at radius 1 is 1.46 bits per heavy atom. The van der Waals surface area contributed by atoms with Gasteiger partial charge in [0.15, 0.2) is 0 Å². The van der Waals surface area contributed by atoms with Gasteiger partial charge in [-0.25, -0.2) is 4.79 Å². The second-order valence-corrected chi connectivity index (χ2v) is 3.18. The number of primary amides is 1. The Morgan fingerprint density at radius 3 is 2.54 bits per heavy atom. The zero-order valence-corrected chi connectivity index (χ0v) is 7.32. The molecule has 0 aromatic heterocycles. The van der Waals surface area contributed by atoms with Crippen LogP contribution >= 0.6 is 0 Å². The van der Waals surface area contributed by atoms with E-state index < -0.39 is 6.03 Å². The van der Waals surface area contributed by atoms with Crippen LogP contribution < -0.4 is 16.8 Å². The lowest BCUT2D eigenvalue weighted by Crippen LogP contribution is -2.56. The molecule has 5 N–H and O–H groups in total. The third-order valence-corrected chi connectivity index (χ3v) is 1.90. The van der Waals surface area contributed by atoms with Crippen molar-refractivity contribution in [2.45, 2.75) is 12.5 Å². The second-order valence-electron chi connectivity index (χ2n) is 3.18. The summed E-state index contributed by atoms with van der Waals surface area (Å²) >= 11 is 0. The van der Waals surface area contributed by atoms with Crippen LogP contribution in [-0.4, -0.2) is 42.5 Å². The number of urea groups is 1. The highest BCUT2D eigenvalue weighted by Crippen LogP contribution is 2.04. The number of imide groups is 1. The highest BCUT2D eigenvalue weighted by atomic mass is 16.2. The summed E-state index contributed by atoms with van der Waals surface area (Å²) in [5, 5.41) is 2.00. The van der Waals surface area contributed by atoms with Crippen LogP contribution in [0.25, 0.3) is 0 Å². The number of likely N-dealkylation sites (tertiary alicyclic amines) is 1. The number of hydrogen-bond donors (Lipinski definition) is 3. The predicted octanol–water partition coefficient (Wildman–Crippen LogP) is -1.79. The highest BCUT2D eigenvalue weighted by molar-refractivity contribution is 5.93. The molecule has 74 valence electrons. The summed E-state index contributed by atoms with van der Waals surface area (Å²) in [6, 6.07) is -0.565. The molecule has 1 saturated heterocycles. The standard InChI is InChI=1S/C7H14N4O2/c8-5-3-11(4-5)2-1-6(12)10-7(9)13/h5H,1-4,8H2,(H3,9,10,12,13). The molecule has 1 aliphatic heterocycles. The fraction of sp³-hybridized carbons (Fsp3) is 0.714. The van der Waals surface area contributed by atoms with Crippen molar-refractivity contribution in [2.75, 3.05) is 19.6 Å². The van der Waals surface area contributed by atoms with E-state index in [0.717, 1.165) is 13.1 Å². The van der Waals surface area contributed by atoms with Gasteiger partial charge in [-0.05, 0) is 0 Å². The van der Waals surface area contributed by atoms with Crippen LogP contribution in [0.5, 0.6) is 0 Å². The molecule has 1 heterocycles. The Balaban J connectivity index is 2.05. The summed E-state index contributed by atoms with van der Waals surface area (Å²) in [5.41, 5.74) is 10.3. The second kappa shape index (κ2) is 4.20. The lowest BCUT2D eigenvalue weighted by Gasteiger charge is -2.36. The first kappa shape index (κ1) is 9.94. The van der Waals surface area contributed by atoms with Gasteiger partial charge in [0.25, 0.3) is 0 Å². The molecule has 0 radical (unpaired) electrons. The zero-order chi connectivity index (χ0) is 9.84. The zero-order valence-electron chi connectivity index (χ0n) is 7.32. The predicted molar refractivity (Wildman–Crippen MR) is 46.8 cm³/mol. The third kappa shape index (κ3) is 3.39. The van der Waals surface area contributed by atoms with E-state index in [1.807, 2.05) is 10.2 Å². The van der Waals surface area contributed by atoms with E-state index in [2.05, 4.69) is 0 Å². The first-order chi connectivity index (χ1) is 6.08. The lowest BCUT2D eigenvalue weighted by atomic mass is 10.1. The summed E-state index contributed by atoms with van der Waals surface area (Å²) in [4.78, 5) is 23.2. The van der Waals surface area contributed by atoms with Gasteiger partial charge in [-0.15, -0.1) is 0 Å². The van der Waals surface area contributed by atoms with Gasteiger partial charge in [0.05, 0.1) is 0 Å². The first-order valence-electron chi connectivity index (χ1n) is 4.15. The van der Waals surface area contributed by atoms with Gasteiger partial charge < -0.3 is 11.5 Å². The number of carbonyl (C=O) groups is 2. The van der Waals surface area contributed by atoms with Gasteiger partial charge in [0.1, 0.15) is 0 Å². The molecule has 6 heteroatoms. The van der Waals surface area contributed by atoms with Crippen LogP contribution in [0.4, 0.5) is 4.79 Å². The largest absolute Gasteiger partial charge is 0.351 e. The molecule has 1 fully saturated rings. The van der Waals surface area contributed by atoms with Crippen LogP contribution in [0.3, 0.4) is 0 Å². The summed E-state index contributed by atoms with van der Waals surface area (Å²) in [6.07, 6.45) is 0.287. The van der Waals surface area contributed by atoms with Gasteiger partial charge in [0.2, 0.25) is 5.91 Å². The summed E-state index contributed by atoms with van der Waals surface area (Å²) in [6.45, 7) is 2.28. The number of nitrogens with one attached hydrogen (secondary N) is 1. The maximum absolute atomic E-state index is 10.9. The molecule has 0 atom stereocenters. The SMILES string of the molecule is NC(=O)NC(=O)CCN1CC(N)C1. The van der Waals surface area contributed by atoms with Crippen LogP contribution in [0.15, 0.2) is 0 Å². The molecule has 0 unspecified atom stereocenters. The maximum atomic E-state index is 10.9. The molecular formula is C7H14N4O2. The van der Waals surface area contributed by atoms with Crippen LogP contribution in [0.2, 0.25) is 0 Å². The van der Waals surface area contributed by atoms with E-state index in [9.17, 15) is 9.59 Å². The van der Waals surface area contributed by atoms with E-state index >= 15 is 0 Å². The molecule has 13 heavy (non-hydrogen) atoms. The molecule has 0 aromatic carbocycles. The number of amides is 3. The molecule has 0 bridgehead atoms. The monoisotopic (exact) mass is 186 g/mol. The Labute approximate surface area is 76.2 Å². The van der Waals surface area contributed by atoms with Crippen molar-refractivity contribution in [1.82, 2.24) is 10.2 Å². The fourth-order valence-corrected chi connectivity index (χ4v) is 1.25. The van der Waals surface area contributed by atoms with E-state index in [-0.39, 0.29) is 18.4 Å². The van der Waals surface area contributed by atoms with Crippen molar-refractivity contribution in [1.29, 1.82) is 0 Å². The van der Waals surface area contributed by atoms with E-state index in [1.54, 1.807) is 0 Å². The fourth-order valence-electron chi connectivity index (χ4n) is 1.25. The van der Waals surface area contributed by atoms with E-state index in [1.165, 1.54) is 0 Å². The number of hydrogen-bond acceptors (Lipinski definition) is 4. The third-order valence-electron chi connectivity index (χ3n) is 1.90. The number of nitrogens with two attached hydrogens (primary N) is 2. The van der Waals surface area contributed by atoms with Gasteiger partial charge in [-0.2, -0.15) is 0 Å². The van der Waals surface area contributed by atoms with Crippen LogP contribution in [-0.2, 0) is 4.79 Å². The summed E-state index contributed by atoms with van der Waals surface area (Å²) in [7, 11) is 0. The van der Waals surface area contributed by atoms with Gasteiger partial charge in [-0.3, -0.25) is 15.0 Å². The molecule has 0 aromatic rings. The van der Waals surface area contributed by atoms with Crippen molar-refractivity contribution in [3.63, 3.8) is 0 Å². The highest BCUT2D eigenvalue weighted by Gasteiger charge is 2.22. The normalized spacial score (nSPS) is 17.9. The average molecular weight is 186 g/mol.